The van der Waals surface area contributed by atoms with E-state index < -0.39 is 30.2 Å². The molecule has 0 radical (unpaired) electrons. The van der Waals surface area contributed by atoms with Crippen LogP contribution in [-0.2, 0) is 11.3 Å². The molecule has 0 amide bonds. The summed E-state index contributed by atoms with van der Waals surface area (Å²) in [5.41, 5.74) is -0.0931. The largest absolute Gasteiger partial charge is 0.480 e. The third kappa shape index (κ3) is 5.68. The van der Waals surface area contributed by atoms with Crippen LogP contribution in [0.1, 0.15) is 5.56 Å². The first kappa shape index (κ1) is 17.4. The summed E-state index contributed by atoms with van der Waals surface area (Å²) in [5.74, 6) is -1.42. The molecule has 0 saturated carbocycles. The second-order valence-corrected chi connectivity index (χ2v) is 4.95. The van der Waals surface area contributed by atoms with E-state index in [0.29, 0.717) is 4.90 Å². The highest BCUT2D eigenvalue weighted by Gasteiger charge is 2.32. The standard InChI is InChI=1S/C11H10BrF3N2O4/c12-10-7(2-1-3-8(10)17(20)21)4-16(5-9(18)19)6-11(13,14)15/h1-3H,4-6H2,(H,18,19). The van der Waals surface area contributed by atoms with Gasteiger partial charge < -0.3 is 5.11 Å². The molecule has 0 unspecified atom stereocenters. The topological polar surface area (TPSA) is 83.7 Å². The van der Waals surface area contributed by atoms with E-state index in [4.69, 9.17) is 5.11 Å². The van der Waals surface area contributed by atoms with Crippen molar-refractivity contribution in [3.63, 3.8) is 0 Å². The Morgan fingerprint density at radius 2 is 2.05 bits per heavy atom. The first-order chi connectivity index (χ1) is 9.60. The molecule has 1 aromatic rings. The van der Waals surface area contributed by atoms with Crippen LogP contribution in [0, 0.1) is 10.1 Å². The van der Waals surface area contributed by atoms with Crippen LogP contribution in [-0.4, -0.2) is 40.2 Å². The SMILES string of the molecule is O=C(O)CN(Cc1cccc([N+](=O)[O-])c1Br)CC(F)(F)F. The van der Waals surface area contributed by atoms with E-state index in [2.05, 4.69) is 15.9 Å². The zero-order valence-electron chi connectivity index (χ0n) is 10.4. The van der Waals surface area contributed by atoms with Crippen LogP contribution < -0.4 is 0 Å². The normalized spacial score (nSPS) is 11.7. The fraction of sp³-hybridized carbons (Fsp3) is 0.364. The van der Waals surface area contributed by atoms with Gasteiger partial charge >= 0.3 is 12.1 Å². The predicted octanol–water partition coefficient (Wildman–Crippen LogP) is 2.81. The summed E-state index contributed by atoms with van der Waals surface area (Å²) in [6.45, 7) is -2.63. The summed E-state index contributed by atoms with van der Waals surface area (Å²) < 4.78 is 37.3. The minimum atomic E-state index is -4.57. The average Bonchev–Trinajstić information content (AvgIpc) is 2.28. The molecule has 0 aliphatic heterocycles. The van der Waals surface area contributed by atoms with Gasteiger partial charge in [-0.1, -0.05) is 12.1 Å². The van der Waals surface area contributed by atoms with E-state index in [-0.39, 0.29) is 22.3 Å². The van der Waals surface area contributed by atoms with E-state index in [9.17, 15) is 28.1 Å². The number of aliphatic carboxylic acids is 1. The fourth-order valence-electron chi connectivity index (χ4n) is 1.68. The second kappa shape index (κ2) is 6.85. The highest BCUT2D eigenvalue weighted by atomic mass is 79.9. The highest BCUT2D eigenvalue weighted by Crippen LogP contribution is 2.29. The number of halogens is 4. The molecule has 1 rings (SSSR count). The van der Waals surface area contributed by atoms with Gasteiger partial charge in [-0.15, -0.1) is 0 Å². The first-order valence-corrected chi connectivity index (χ1v) is 6.32. The number of nitro benzene ring substituents is 1. The van der Waals surface area contributed by atoms with Crippen molar-refractivity contribution in [1.29, 1.82) is 0 Å². The van der Waals surface area contributed by atoms with Crippen LogP contribution >= 0.6 is 15.9 Å². The van der Waals surface area contributed by atoms with Crippen molar-refractivity contribution in [2.45, 2.75) is 12.7 Å². The van der Waals surface area contributed by atoms with Crippen LogP contribution in [0.25, 0.3) is 0 Å². The Bertz CT molecular complexity index is 551. The molecule has 0 spiro atoms. The Morgan fingerprint density at radius 1 is 1.43 bits per heavy atom. The Morgan fingerprint density at radius 3 is 2.52 bits per heavy atom. The third-order valence-electron chi connectivity index (χ3n) is 2.41. The van der Waals surface area contributed by atoms with Crippen molar-refractivity contribution >= 4 is 27.6 Å². The summed E-state index contributed by atoms with van der Waals surface area (Å²) in [7, 11) is 0. The number of nitro groups is 1. The average molecular weight is 371 g/mol. The molecule has 0 aromatic heterocycles. The molecule has 0 aliphatic rings. The summed E-state index contributed by atoms with van der Waals surface area (Å²) in [4.78, 5) is 21.3. The lowest BCUT2D eigenvalue weighted by Gasteiger charge is -2.22. The number of carbonyl (C=O) groups is 1. The number of hydrogen-bond acceptors (Lipinski definition) is 4. The molecule has 0 aliphatic carbocycles. The van der Waals surface area contributed by atoms with E-state index in [1.807, 2.05) is 0 Å². The zero-order chi connectivity index (χ0) is 16.2. The molecule has 116 valence electrons. The predicted molar refractivity (Wildman–Crippen MR) is 69.8 cm³/mol. The lowest BCUT2D eigenvalue weighted by molar-refractivity contribution is -0.385. The molecular weight excluding hydrogens is 361 g/mol. The Hall–Kier alpha value is -1.68. The highest BCUT2D eigenvalue weighted by molar-refractivity contribution is 9.10. The maximum atomic E-state index is 12.4. The molecule has 1 aromatic carbocycles. The van der Waals surface area contributed by atoms with Crippen LogP contribution in [0.15, 0.2) is 22.7 Å². The van der Waals surface area contributed by atoms with Gasteiger partial charge in [0.1, 0.15) is 0 Å². The first-order valence-electron chi connectivity index (χ1n) is 5.53. The van der Waals surface area contributed by atoms with Crippen molar-refractivity contribution in [3.05, 3.63) is 38.3 Å². The minimum absolute atomic E-state index is 0.0348. The molecule has 0 atom stereocenters. The maximum absolute atomic E-state index is 12.4. The van der Waals surface area contributed by atoms with Crippen LogP contribution in [0.4, 0.5) is 18.9 Å². The number of hydrogen-bond donors (Lipinski definition) is 1. The van der Waals surface area contributed by atoms with Gasteiger partial charge in [0.2, 0.25) is 0 Å². The molecule has 21 heavy (non-hydrogen) atoms. The van der Waals surface area contributed by atoms with Gasteiger partial charge in [0.05, 0.1) is 22.5 Å². The summed E-state index contributed by atoms with van der Waals surface area (Å²) in [5, 5.41) is 19.4. The lowest BCUT2D eigenvalue weighted by atomic mass is 10.2. The minimum Gasteiger partial charge on any atom is -0.480 e. The number of benzene rings is 1. The number of nitrogens with zero attached hydrogens (tertiary/aromatic N) is 2. The van der Waals surface area contributed by atoms with E-state index in [1.54, 1.807) is 0 Å². The van der Waals surface area contributed by atoms with Crippen molar-refractivity contribution in [1.82, 2.24) is 4.90 Å². The Kier molecular flexibility index (Phi) is 5.67. The van der Waals surface area contributed by atoms with E-state index in [1.165, 1.54) is 18.2 Å². The van der Waals surface area contributed by atoms with E-state index in [0.717, 1.165) is 0 Å². The smallest absolute Gasteiger partial charge is 0.401 e. The Labute approximate surface area is 125 Å². The molecule has 6 nitrogen and oxygen atoms in total. The van der Waals surface area contributed by atoms with Gasteiger partial charge in [-0.3, -0.25) is 19.8 Å². The molecule has 0 saturated heterocycles. The lowest BCUT2D eigenvalue weighted by Crippen LogP contribution is -2.37. The summed E-state index contributed by atoms with van der Waals surface area (Å²) in [6, 6.07) is 3.91. The molecule has 1 N–H and O–H groups in total. The summed E-state index contributed by atoms with van der Waals surface area (Å²) in [6.07, 6.45) is -4.57. The summed E-state index contributed by atoms with van der Waals surface area (Å²) >= 11 is 2.96. The zero-order valence-corrected chi connectivity index (χ0v) is 12.0. The number of alkyl halides is 3. The van der Waals surface area contributed by atoms with E-state index >= 15 is 0 Å². The van der Waals surface area contributed by atoms with Gasteiger partial charge in [-0.25, -0.2) is 0 Å². The van der Waals surface area contributed by atoms with Crippen molar-refractivity contribution in [2.75, 3.05) is 13.1 Å². The molecule has 10 heteroatoms. The number of rotatable bonds is 6. The van der Waals surface area contributed by atoms with Gasteiger partial charge in [-0.2, -0.15) is 13.2 Å². The molecular formula is C11H10BrF3N2O4. The molecule has 0 bridgehead atoms. The van der Waals surface area contributed by atoms with Gasteiger partial charge in [0.25, 0.3) is 5.69 Å². The quantitative estimate of drug-likeness (QED) is 0.614. The second-order valence-electron chi connectivity index (χ2n) is 4.16. The van der Waals surface area contributed by atoms with Crippen LogP contribution in [0.2, 0.25) is 0 Å². The van der Waals surface area contributed by atoms with Gasteiger partial charge in [0, 0.05) is 12.6 Å². The third-order valence-corrected chi connectivity index (χ3v) is 3.33. The van der Waals surface area contributed by atoms with Crippen LogP contribution in [0.5, 0.6) is 0 Å². The monoisotopic (exact) mass is 370 g/mol. The van der Waals surface area contributed by atoms with Gasteiger partial charge in [-0.05, 0) is 21.5 Å². The molecule has 0 fully saturated rings. The molecule has 0 heterocycles. The van der Waals surface area contributed by atoms with Crippen molar-refractivity contribution in [2.24, 2.45) is 0 Å². The maximum Gasteiger partial charge on any atom is 0.401 e. The van der Waals surface area contributed by atoms with Crippen molar-refractivity contribution in [3.8, 4) is 0 Å². The number of carboxylic acid groups (broad SMARTS) is 1. The van der Waals surface area contributed by atoms with Crippen molar-refractivity contribution < 1.29 is 28.0 Å². The Balaban J connectivity index is 3.00. The van der Waals surface area contributed by atoms with Gasteiger partial charge in [0.15, 0.2) is 0 Å². The number of carboxylic acids is 1. The van der Waals surface area contributed by atoms with Crippen LogP contribution in [0.3, 0.4) is 0 Å². The fourth-order valence-corrected chi connectivity index (χ4v) is 2.22.